The predicted octanol–water partition coefficient (Wildman–Crippen LogP) is 1.31. The molecule has 0 aromatic carbocycles. The maximum atomic E-state index is 12.9. The third-order valence-electron chi connectivity index (χ3n) is 6.26. The van der Waals surface area contributed by atoms with Gasteiger partial charge in [-0.15, -0.1) is 0 Å². The van der Waals surface area contributed by atoms with E-state index in [1.54, 1.807) is 4.90 Å². The lowest BCUT2D eigenvalue weighted by molar-refractivity contribution is -0.185. The van der Waals surface area contributed by atoms with E-state index in [1.807, 2.05) is 30.6 Å². The number of nitrogens with zero attached hydrogens (tertiary/aromatic N) is 3. The van der Waals surface area contributed by atoms with Gasteiger partial charge in [0.25, 0.3) is 0 Å². The Morgan fingerprint density at radius 2 is 1.81 bits per heavy atom. The molecule has 3 saturated carbocycles. The highest BCUT2D eigenvalue weighted by molar-refractivity contribution is 7.90. The second-order valence-electron chi connectivity index (χ2n) is 9.99. The number of sulfone groups is 1. The summed E-state index contributed by atoms with van der Waals surface area (Å²) in [6.07, 6.45) is 3.32. The van der Waals surface area contributed by atoms with Gasteiger partial charge in [0, 0.05) is 38.0 Å². The smallest absolute Gasteiger partial charge is 0.410 e. The molecule has 3 amide bonds. The van der Waals surface area contributed by atoms with Gasteiger partial charge < -0.3 is 19.4 Å². The van der Waals surface area contributed by atoms with E-state index in [0.717, 1.165) is 19.3 Å². The number of ether oxygens (including phenoxy) is 1. The highest BCUT2D eigenvalue weighted by atomic mass is 32.2. The molecule has 5 fully saturated rings. The molecule has 2 saturated heterocycles. The second-order valence-corrected chi connectivity index (χ2v) is 12.1. The van der Waals surface area contributed by atoms with Crippen molar-refractivity contribution in [2.24, 2.45) is 5.41 Å². The monoisotopic (exact) mass is 399 g/mol. The zero-order valence-electron chi connectivity index (χ0n) is 16.5. The largest absolute Gasteiger partial charge is 0.444 e. The molecule has 2 bridgehead atoms. The fourth-order valence-electron chi connectivity index (χ4n) is 5.53. The molecule has 9 heteroatoms. The van der Waals surface area contributed by atoms with Crippen molar-refractivity contribution >= 4 is 22.0 Å². The molecule has 0 aromatic rings. The molecule has 0 aromatic heterocycles. The molecule has 3 aliphatic carbocycles. The van der Waals surface area contributed by atoms with Crippen molar-refractivity contribution in [1.29, 1.82) is 0 Å². The molecule has 8 nitrogen and oxygen atoms in total. The number of carbonyl (C=O) groups is 2. The van der Waals surface area contributed by atoms with Crippen molar-refractivity contribution in [2.45, 2.75) is 57.2 Å². The van der Waals surface area contributed by atoms with Gasteiger partial charge >= 0.3 is 12.1 Å². The number of fused-ring (bicyclic) bond motifs is 1. The molecule has 5 aliphatic rings. The third kappa shape index (κ3) is 3.17. The maximum Gasteiger partial charge on any atom is 0.410 e. The van der Waals surface area contributed by atoms with Crippen LogP contribution in [0.1, 0.15) is 40.0 Å². The lowest BCUT2D eigenvalue weighted by Gasteiger charge is -2.73. The van der Waals surface area contributed by atoms with Crippen molar-refractivity contribution in [2.75, 3.05) is 38.2 Å². The Bertz CT molecular complexity index is 768. The zero-order chi connectivity index (χ0) is 19.8. The Morgan fingerprint density at radius 1 is 1.19 bits per heavy atom. The molecule has 2 aliphatic heterocycles. The molecular formula is C18H29N3O5S. The Balaban J connectivity index is 1.38. The van der Waals surface area contributed by atoms with E-state index in [9.17, 15) is 18.0 Å². The first-order valence-electron chi connectivity index (χ1n) is 9.56. The number of hydrogen-bond donors (Lipinski definition) is 0. The summed E-state index contributed by atoms with van der Waals surface area (Å²) in [4.78, 5) is 30.7. The summed E-state index contributed by atoms with van der Waals surface area (Å²) in [7, 11) is -2.99. The fraction of sp³-hybridized carbons (Fsp3) is 0.889. The van der Waals surface area contributed by atoms with Crippen molar-refractivity contribution in [1.82, 2.24) is 14.7 Å². The SMILES string of the molecule is CC(C)(C)OC(=O)N1CCN2C(=O)N(C34CC(CS(C)(=O)=O)(C3)C4)C[C@@H]2C1. The van der Waals surface area contributed by atoms with Gasteiger partial charge in [-0.3, -0.25) is 0 Å². The molecule has 27 heavy (non-hydrogen) atoms. The van der Waals surface area contributed by atoms with Gasteiger partial charge in [-0.25, -0.2) is 18.0 Å². The lowest BCUT2D eigenvalue weighted by atomic mass is 9.39. The summed E-state index contributed by atoms with van der Waals surface area (Å²) in [5.74, 6) is 0.226. The first-order valence-corrected chi connectivity index (χ1v) is 11.6. The zero-order valence-corrected chi connectivity index (χ0v) is 17.3. The Kier molecular flexibility index (Phi) is 3.85. The topological polar surface area (TPSA) is 87.2 Å². The van der Waals surface area contributed by atoms with Crippen LogP contribution in [0.3, 0.4) is 0 Å². The minimum absolute atomic E-state index is 0.0151. The number of hydrogen-bond acceptors (Lipinski definition) is 5. The minimum Gasteiger partial charge on any atom is -0.444 e. The van der Waals surface area contributed by atoms with Crippen molar-refractivity contribution in [3.05, 3.63) is 0 Å². The highest BCUT2D eigenvalue weighted by Crippen LogP contribution is 2.70. The standard InChI is InChI=1S/C18H29N3O5S/c1-16(2,3)26-15(23)19-5-6-20-13(7-19)8-21(14(20)22)18-9-17(10-18,11-18)12-27(4,24)25/h13H,5-12H2,1-4H3/t13-,17?,18?/m0/s1. The van der Waals surface area contributed by atoms with E-state index in [-0.39, 0.29) is 34.9 Å². The molecule has 152 valence electrons. The Hall–Kier alpha value is -1.51. The van der Waals surface area contributed by atoms with Crippen LogP contribution in [0, 0.1) is 5.41 Å². The fourth-order valence-corrected chi connectivity index (χ4v) is 6.95. The minimum atomic E-state index is -2.99. The van der Waals surface area contributed by atoms with E-state index in [1.165, 1.54) is 6.26 Å². The quantitative estimate of drug-likeness (QED) is 0.714. The van der Waals surface area contributed by atoms with Crippen LogP contribution in [0.25, 0.3) is 0 Å². The second kappa shape index (κ2) is 5.52. The number of urea groups is 1. The van der Waals surface area contributed by atoms with Crippen LogP contribution in [-0.4, -0.2) is 90.6 Å². The number of piperazine rings is 1. The van der Waals surface area contributed by atoms with Gasteiger partial charge in [-0.1, -0.05) is 0 Å². The van der Waals surface area contributed by atoms with Gasteiger partial charge in [-0.05, 0) is 45.4 Å². The molecule has 0 spiro atoms. The van der Waals surface area contributed by atoms with Gasteiger partial charge in [0.05, 0.1) is 11.8 Å². The first kappa shape index (κ1) is 18.8. The van der Waals surface area contributed by atoms with E-state index < -0.39 is 15.4 Å². The third-order valence-corrected chi connectivity index (χ3v) is 7.39. The molecule has 0 N–H and O–H groups in total. The first-order chi connectivity index (χ1) is 12.3. The summed E-state index contributed by atoms with van der Waals surface area (Å²) in [5.41, 5.74) is -0.805. The van der Waals surface area contributed by atoms with Crippen LogP contribution in [-0.2, 0) is 14.6 Å². The maximum absolute atomic E-state index is 12.9. The van der Waals surface area contributed by atoms with E-state index in [0.29, 0.717) is 26.2 Å². The van der Waals surface area contributed by atoms with Crippen LogP contribution in [0.5, 0.6) is 0 Å². The molecule has 2 heterocycles. The van der Waals surface area contributed by atoms with Crippen LogP contribution in [0.15, 0.2) is 0 Å². The average Bonchev–Trinajstić information content (AvgIpc) is 2.75. The van der Waals surface area contributed by atoms with Crippen LogP contribution in [0.4, 0.5) is 9.59 Å². The number of carbonyl (C=O) groups excluding carboxylic acids is 2. The van der Waals surface area contributed by atoms with E-state index in [2.05, 4.69) is 0 Å². The summed E-state index contributed by atoms with van der Waals surface area (Å²) < 4.78 is 28.7. The molecule has 5 rings (SSSR count). The van der Waals surface area contributed by atoms with Crippen LogP contribution < -0.4 is 0 Å². The molecule has 0 unspecified atom stereocenters. The summed E-state index contributed by atoms with van der Waals surface area (Å²) in [6, 6.07) is 0.0233. The van der Waals surface area contributed by atoms with E-state index >= 15 is 0 Å². The summed E-state index contributed by atoms with van der Waals surface area (Å²) >= 11 is 0. The average molecular weight is 400 g/mol. The summed E-state index contributed by atoms with van der Waals surface area (Å²) in [5, 5.41) is 0. The number of amides is 3. The molecule has 1 atom stereocenters. The highest BCUT2D eigenvalue weighted by Gasteiger charge is 2.73. The van der Waals surface area contributed by atoms with Gasteiger partial charge in [0.15, 0.2) is 0 Å². The number of rotatable bonds is 3. The van der Waals surface area contributed by atoms with Gasteiger partial charge in [0.1, 0.15) is 15.4 Å². The van der Waals surface area contributed by atoms with Gasteiger partial charge in [0.2, 0.25) is 0 Å². The summed E-state index contributed by atoms with van der Waals surface area (Å²) in [6.45, 7) is 7.62. The van der Waals surface area contributed by atoms with Gasteiger partial charge in [-0.2, -0.15) is 0 Å². The Labute approximate surface area is 160 Å². The van der Waals surface area contributed by atoms with Crippen LogP contribution >= 0.6 is 0 Å². The normalized spacial score (nSPS) is 35.5. The van der Waals surface area contributed by atoms with Crippen molar-refractivity contribution < 1.29 is 22.7 Å². The molecule has 0 radical (unpaired) electrons. The molecular weight excluding hydrogens is 370 g/mol. The van der Waals surface area contributed by atoms with Crippen molar-refractivity contribution in [3.63, 3.8) is 0 Å². The Morgan fingerprint density at radius 3 is 2.37 bits per heavy atom. The lowest BCUT2D eigenvalue weighted by Crippen LogP contribution is -2.76. The predicted molar refractivity (Wildman–Crippen MR) is 99.1 cm³/mol. The van der Waals surface area contributed by atoms with Crippen LogP contribution in [0.2, 0.25) is 0 Å². The van der Waals surface area contributed by atoms with E-state index in [4.69, 9.17) is 4.74 Å². The van der Waals surface area contributed by atoms with Crippen molar-refractivity contribution in [3.8, 4) is 0 Å².